The van der Waals surface area contributed by atoms with E-state index in [9.17, 15) is 10.2 Å². The molecule has 2 N–H and O–H groups in total. The number of rotatable bonds is 0. The van der Waals surface area contributed by atoms with Gasteiger partial charge in [0.15, 0.2) is 0 Å². The molecule has 0 bridgehead atoms. The van der Waals surface area contributed by atoms with E-state index in [4.69, 9.17) is 4.74 Å². The first-order chi connectivity index (χ1) is 6.48. The second-order valence-electron chi connectivity index (χ2n) is 3.68. The van der Waals surface area contributed by atoms with Gasteiger partial charge in [-0.1, -0.05) is 15.9 Å². The Kier molecular flexibility index (Phi) is 2.29. The van der Waals surface area contributed by atoms with Crippen molar-refractivity contribution < 1.29 is 14.9 Å². The number of halogens is 1. The lowest BCUT2D eigenvalue weighted by Crippen LogP contribution is -2.37. The van der Waals surface area contributed by atoms with E-state index < -0.39 is 11.9 Å². The van der Waals surface area contributed by atoms with Gasteiger partial charge in [0.2, 0.25) is 5.79 Å². The van der Waals surface area contributed by atoms with E-state index in [2.05, 4.69) is 15.9 Å². The van der Waals surface area contributed by atoms with Crippen molar-refractivity contribution in [3.05, 3.63) is 28.2 Å². The van der Waals surface area contributed by atoms with Gasteiger partial charge in [-0.3, -0.25) is 0 Å². The van der Waals surface area contributed by atoms with Crippen LogP contribution in [0.15, 0.2) is 22.7 Å². The van der Waals surface area contributed by atoms with E-state index in [1.54, 1.807) is 19.1 Å². The number of aliphatic hydroxyl groups excluding tert-OH is 1. The highest BCUT2D eigenvalue weighted by Crippen LogP contribution is 2.39. The summed E-state index contributed by atoms with van der Waals surface area (Å²) in [6.07, 6.45) is -0.484. The predicted octanol–water partition coefficient (Wildman–Crippen LogP) is 1.97. The molecule has 2 rings (SSSR count). The number of benzene rings is 1. The molecule has 1 heterocycles. The summed E-state index contributed by atoms with van der Waals surface area (Å²) in [6.45, 7) is 1.54. The average molecular weight is 259 g/mol. The summed E-state index contributed by atoms with van der Waals surface area (Å²) in [5.41, 5.74) is 0.714. The molecule has 0 fully saturated rings. The second kappa shape index (κ2) is 3.22. The monoisotopic (exact) mass is 258 g/mol. The van der Waals surface area contributed by atoms with Crippen molar-refractivity contribution in [1.29, 1.82) is 0 Å². The fraction of sp³-hybridized carbons (Fsp3) is 0.400. The van der Waals surface area contributed by atoms with Crippen LogP contribution in [0.3, 0.4) is 0 Å². The highest BCUT2D eigenvalue weighted by molar-refractivity contribution is 9.10. The van der Waals surface area contributed by atoms with Crippen LogP contribution in [0.25, 0.3) is 0 Å². The summed E-state index contributed by atoms with van der Waals surface area (Å²) in [6, 6.07) is 5.35. The number of ether oxygens (including phenoxy) is 1. The van der Waals surface area contributed by atoms with Gasteiger partial charge in [-0.25, -0.2) is 0 Å². The summed E-state index contributed by atoms with van der Waals surface area (Å²) >= 11 is 3.32. The van der Waals surface area contributed by atoms with Crippen molar-refractivity contribution in [3.63, 3.8) is 0 Å². The van der Waals surface area contributed by atoms with Crippen LogP contribution in [0.4, 0.5) is 0 Å². The van der Waals surface area contributed by atoms with Gasteiger partial charge >= 0.3 is 0 Å². The first kappa shape index (κ1) is 9.96. The van der Waals surface area contributed by atoms with E-state index in [1.807, 2.05) is 6.07 Å². The number of aliphatic hydroxyl groups is 2. The minimum atomic E-state index is -1.28. The predicted molar refractivity (Wildman–Crippen MR) is 55.0 cm³/mol. The Bertz CT molecular complexity index is 362. The van der Waals surface area contributed by atoms with Crippen molar-refractivity contribution in [1.82, 2.24) is 0 Å². The fourth-order valence-corrected chi connectivity index (χ4v) is 2.00. The second-order valence-corrected chi connectivity index (χ2v) is 4.59. The highest BCUT2D eigenvalue weighted by atomic mass is 79.9. The maximum Gasteiger partial charge on any atom is 0.208 e. The molecule has 76 valence electrons. The van der Waals surface area contributed by atoms with Crippen LogP contribution in [0.1, 0.15) is 25.0 Å². The zero-order valence-corrected chi connectivity index (χ0v) is 9.28. The summed E-state index contributed by atoms with van der Waals surface area (Å²) in [5, 5.41) is 19.4. The van der Waals surface area contributed by atoms with E-state index >= 15 is 0 Å². The molecule has 1 aromatic rings. The molecule has 1 aromatic carbocycles. The lowest BCUT2D eigenvalue weighted by Gasteiger charge is -2.33. The molecular weight excluding hydrogens is 248 g/mol. The van der Waals surface area contributed by atoms with Gasteiger partial charge < -0.3 is 14.9 Å². The molecule has 0 aromatic heterocycles. The zero-order valence-electron chi connectivity index (χ0n) is 7.70. The number of hydrogen-bond donors (Lipinski definition) is 2. The van der Waals surface area contributed by atoms with Gasteiger partial charge in [0.1, 0.15) is 5.75 Å². The van der Waals surface area contributed by atoms with Crippen molar-refractivity contribution >= 4 is 15.9 Å². The minimum absolute atomic E-state index is 0.191. The summed E-state index contributed by atoms with van der Waals surface area (Å²) in [7, 11) is 0. The number of fused-ring (bicyclic) bond motifs is 1. The van der Waals surface area contributed by atoms with Crippen LogP contribution < -0.4 is 4.74 Å². The summed E-state index contributed by atoms with van der Waals surface area (Å²) in [4.78, 5) is 0. The lowest BCUT2D eigenvalue weighted by atomic mass is 9.98. The molecule has 0 radical (unpaired) electrons. The SMILES string of the molecule is C[C@]1(O)C[C@@H](O)c2cc(Br)ccc2O1. The van der Waals surface area contributed by atoms with Crippen LogP contribution in [0.5, 0.6) is 5.75 Å². The molecule has 0 amide bonds. The Morgan fingerprint density at radius 2 is 2.29 bits per heavy atom. The van der Waals surface area contributed by atoms with Crippen LogP contribution in [-0.4, -0.2) is 16.0 Å². The Morgan fingerprint density at radius 3 is 3.00 bits per heavy atom. The summed E-state index contributed by atoms with van der Waals surface area (Å²) < 4.78 is 6.21. The Labute approximate surface area is 90.5 Å². The van der Waals surface area contributed by atoms with Crippen molar-refractivity contribution in [2.75, 3.05) is 0 Å². The molecule has 0 aliphatic carbocycles. The van der Waals surface area contributed by atoms with Crippen LogP contribution in [0.2, 0.25) is 0 Å². The molecule has 0 saturated carbocycles. The van der Waals surface area contributed by atoms with Gasteiger partial charge in [0, 0.05) is 23.4 Å². The van der Waals surface area contributed by atoms with Crippen LogP contribution >= 0.6 is 15.9 Å². The average Bonchev–Trinajstić information content (AvgIpc) is 2.05. The molecule has 0 unspecified atom stereocenters. The van der Waals surface area contributed by atoms with Gasteiger partial charge in [0.05, 0.1) is 6.10 Å². The third-order valence-corrected chi connectivity index (χ3v) is 2.73. The molecule has 4 heteroatoms. The van der Waals surface area contributed by atoms with Crippen LogP contribution in [0, 0.1) is 0 Å². The quantitative estimate of drug-likeness (QED) is 0.748. The third kappa shape index (κ3) is 1.78. The first-order valence-electron chi connectivity index (χ1n) is 4.37. The topological polar surface area (TPSA) is 49.7 Å². The zero-order chi connectivity index (χ0) is 10.3. The minimum Gasteiger partial charge on any atom is -0.462 e. The highest BCUT2D eigenvalue weighted by Gasteiger charge is 2.34. The molecule has 1 aliphatic heterocycles. The third-order valence-electron chi connectivity index (χ3n) is 2.23. The van der Waals surface area contributed by atoms with Gasteiger partial charge in [0.25, 0.3) is 0 Å². The van der Waals surface area contributed by atoms with Crippen LogP contribution in [-0.2, 0) is 0 Å². The number of hydrogen-bond acceptors (Lipinski definition) is 3. The van der Waals surface area contributed by atoms with Gasteiger partial charge in [-0.15, -0.1) is 0 Å². The van der Waals surface area contributed by atoms with Crippen molar-refractivity contribution in [2.45, 2.75) is 25.2 Å². The Hall–Kier alpha value is -0.580. The Morgan fingerprint density at radius 1 is 1.57 bits per heavy atom. The van der Waals surface area contributed by atoms with E-state index in [0.717, 1.165) is 4.47 Å². The van der Waals surface area contributed by atoms with Gasteiger partial charge in [-0.2, -0.15) is 0 Å². The fourth-order valence-electron chi connectivity index (χ4n) is 1.62. The largest absolute Gasteiger partial charge is 0.462 e. The lowest BCUT2D eigenvalue weighted by molar-refractivity contribution is -0.158. The molecule has 14 heavy (non-hydrogen) atoms. The molecule has 3 nitrogen and oxygen atoms in total. The molecule has 0 spiro atoms. The van der Waals surface area contributed by atoms with E-state index in [0.29, 0.717) is 11.3 Å². The summed E-state index contributed by atoms with van der Waals surface area (Å²) in [5.74, 6) is -0.739. The smallest absolute Gasteiger partial charge is 0.208 e. The normalized spacial score (nSPS) is 30.7. The van der Waals surface area contributed by atoms with Gasteiger partial charge in [-0.05, 0) is 18.2 Å². The van der Waals surface area contributed by atoms with Crippen molar-refractivity contribution in [3.8, 4) is 5.75 Å². The standard InChI is InChI=1S/C10H11BrO3/c1-10(13)5-8(12)7-4-6(11)2-3-9(7)14-10/h2-4,8,12-13H,5H2,1H3/t8-,10-/m1/s1. The molecule has 1 aliphatic rings. The van der Waals surface area contributed by atoms with E-state index in [1.165, 1.54) is 0 Å². The van der Waals surface area contributed by atoms with E-state index in [-0.39, 0.29) is 6.42 Å². The first-order valence-corrected chi connectivity index (χ1v) is 5.16. The molecular formula is C10H11BrO3. The Balaban J connectivity index is 2.45. The maximum atomic E-state index is 9.76. The molecule has 0 saturated heterocycles. The van der Waals surface area contributed by atoms with Crippen molar-refractivity contribution in [2.24, 2.45) is 0 Å². The molecule has 2 atom stereocenters. The maximum absolute atomic E-state index is 9.76.